The minimum absolute atomic E-state index is 0. The Bertz CT molecular complexity index is 657. The molecule has 6 heteroatoms. The normalized spacial score (nSPS) is 14.8. The summed E-state index contributed by atoms with van der Waals surface area (Å²) in [7, 11) is 0. The number of rotatable bonds is 3. The number of hydrogen-bond acceptors (Lipinski definition) is 4. The Labute approximate surface area is 142 Å². The van der Waals surface area contributed by atoms with Crippen LogP contribution in [0.1, 0.15) is 12.6 Å². The minimum atomic E-state index is 0. The fourth-order valence-electron chi connectivity index (χ4n) is 2.78. The van der Waals surface area contributed by atoms with Crippen LogP contribution in [0, 0.1) is 6.92 Å². The number of halogens is 2. The Morgan fingerprint density at radius 1 is 1.32 bits per heavy atom. The van der Waals surface area contributed by atoms with Crippen molar-refractivity contribution in [3.8, 4) is 5.75 Å². The van der Waals surface area contributed by atoms with E-state index in [4.69, 9.17) is 16.3 Å². The summed E-state index contributed by atoms with van der Waals surface area (Å²) in [4.78, 5) is 6.94. The Kier molecular flexibility index (Phi) is 5.73. The summed E-state index contributed by atoms with van der Waals surface area (Å²) in [5.41, 5.74) is 2.93. The Morgan fingerprint density at radius 3 is 2.73 bits per heavy atom. The summed E-state index contributed by atoms with van der Waals surface area (Å²) in [6.45, 7) is 8.47. The monoisotopic (exact) mass is 341 g/mol. The van der Waals surface area contributed by atoms with Gasteiger partial charge in [-0.05, 0) is 32.0 Å². The second-order valence-corrected chi connectivity index (χ2v) is 5.59. The average molecular weight is 342 g/mol. The number of aryl methyl sites for hydroxylation is 1. The molecule has 0 saturated carbocycles. The maximum Gasteiger partial charge on any atom is 0.120 e. The van der Waals surface area contributed by atoms with E-state index in [-0.39, 0.29) is 12.4 Å². The van der Waals surface area contributed by atoms with E-state index in [1.807, 2.05) is 26.0 Å². The van der Waals surface area contributed by atoms with Gasteiger partial charge in [0.25, 0.3) is 0 Å². The van der Waals surface area contributed by atoms with Crippen LogP contribution >= 0.6 is 24.0 Å². The molecule has 0 amide bonds. The predicted octanol–water partition coefficient (Wildman–Crippen LogP) is 3.43. The Balaban J connectivity index is 0.00000176. The first-order chi connectivity index (χ1) is 10.2. The van der Waals surface area contributed by atoms with Gasteiger partial charge in [-0.2, -0.15) is 0 Å². The molecule has 1 aromatic heterocycles. The van der Waals surface area contributed by atoms with Gasteiger partial charge in [0, 0.05) is 31.6 Å². The number of fused-ring (bicyclic) bond motifs is 1. The van der Waals surface area contributed by atoms with Crippen LogP contribution in [0.25, 0.3) is 10.9 Å². The highest BCUT2D eigenvalue weighted by Gasteiger charge is 2.19. The molecule has 0 atom stereocenters. The number of nitrogens with one attached hydrogen (secondary N) is 1. The van der Waals surface area contributed by atoms with E-state index in [0.717, 1.165) is 59.2 Å². The van der Waals surface area contributed by atoms with Crippen molar-refractivity contribution in [1.29, 1.82) is 0 Å². The number of benzene rings is 1. The van der Waals surface area contributed by atoms with Crippen LogP contribution in [0.4, 0.5) is 5.69 Å². The topological polar surface area (TPSA) is 37.4 Å². The van der Waals surface area contributed by atoms with Crippen molar-refractivity contribution in [1.82, 2.24) is 10.3 Å². The zero-order valence-corrected chi connectivity index (χ0v) is 14.4. The number of hydrogen-bond donors (Lipinski definition) is 1. The Hall–Kier alpha value is -1.23. The van der Waals surface area contributed by atoms with Crippen molar-refractivity contribution in [2.75, 3.05) is 37.7 Å². The molecule has 0 unspecified atom stereocenters. The van der Waals surface area contributed by atoms with Crippen molar-refractivity contribution in [2.45, 2.75) is 13.8 Å². The third-order valence-corrected chi connectivity index (χ3v) is 4.23. The molecule has 2 aromatic rings. The van der Waals surface area contributed by atoms with Crippen LogP contribution in [0.15, 0.2) is 18.2 Å². The number of aromatic nitrogens is 1. The number of ether oxygens (including phenoxy) is 1. The van der Waals surface area contributed by atoms with Crippen LogP contribution in [-0.4, -0.2) is 37.8 Å². The van der Waals surface area contributed by atoms with Crippen molar-refractivity contribution >= 4 is 40.6 Å². The molecule has 120 valence electrons. The first-order valence-electron chi connectivity index (χ1n) is 7.39. The van der Waals surface area contributed by atoms with Crippen LogP contribution in [0.5, 0.6) is 5.75 Å². The third-order valence-electron chi connectivity index (χ3n) is 3.78. The highest BCUT2D eigenvalue weighted by Crippen LogP contribution is 2.37. The zero-order valence-electron chi connectivity index (χ0n) is 12.9. The molecule has 0 radical (unpaired) electrons. The third kappa shape index (κ3) is 3.24. The second kappa shape index (κ2) is 7.36. The van der Waals surface area contributed by atoms with Gasteiger partial charge in [-0.15, -0.1) is 12.4 Å². The van der Waals surface area contributed by atoms with Gasteiger partial charge in [0.15, 0.2) is 0 Å². The van der Waals surface area contributed by atoms with Crippen LogP contribution in [0.2, 0.25) is 5.02 Å². The van der Waals surface area contributed by atoms with E-state index in [0.29, 0.717) is 6.61 Å². The van der Waals surface area contributed by atoms with Crippen molar-refractivity contribution in [3.63, 3.8) is 0 Å². The standard InChI is InChI=1S/C16H20ClN3O.ClH/c1-3-21-12-4-5-14-13(10-12)16(15(17)11(2)19-14)20-8-6-18-7-9-20;/h4-5,10,18H,3,6-9H2,1-2H3;1H. The maximum atomic E-state index is 6.57. The van der Waals surface area contributed by atoms with Crippen LogP contribution in [0.3, 0.4) is 0 Å². The van der Waals surface area contributed by atoms with Crippen molar-refractivity contribution in [3.05, 3.63) is 28.9 Å². The summed E-state index contributed by atoms with van der Waals surface area (Å²) in [6.07, 6.45) is 0. The summed E-state index contributed by atoms with van der Waals surface area (Å²) in [5, 5.41) is 5.19. The number of piperazine rings is 1. The van der Waals surface area contributed by atoms with Crippen molar-refractivity contribution < 1.29 is 4.74 Å². The maximum absolute atomic E-state index is 6.57. The van der Waals surface area contributed by atoms with Crippen LogP contribution < -0.4 is 15.0 Å². The van der Waals surface area contributed by atoms with Gasteiger partial charge in [0.05, 0.1) is 28.5 Å². The van der Waals surface area contributed by atoms with Gasteiger partial charge in [0.1, 0.15) is 5.75 Å². The lowest BCUT2D eigenvalue weighted by Gasteiger charge is -2.31. The molecular weight excluding hydrogens is 321 g/mol. The van der Waals surface area contributed by atoms with E-state index >= 15 is 0 Å². The van der Waals surface area contributed by atoms with Gasteiger partial charge in [-0.3, -0.25) is 4.98 Å². The summed E-state index contributed by atoms with van der Waals surface area (Å²) < 4.78 is 5.62. The Morgan fingerprint density at radius 2 is 2.05 bits per heavy atom. The highest BCUT2D eigenvalue weighted by molar-refractivity contribution is 6.35. The SMILES string of the molecule is CCOc1ccc2nc(C)c(Cl)c(N3CCNCC3)c2c1.Cl. The summed E-state index contributed by atoms with van der Waals surface area (Å²) in [5.74, 6) is 0.864. The van der Waals surface area contributed by atoms with Gasteiger partial charge in [-0.25, -0.2) is 0 Å². The molecule has 1 fully saturated rings. The quantitative estimate of drug-likeness (QED) is 0.927. The largest absolute Gasteiger partial charge is 0.494 e. The molecule has 4 nitrogen and oxygen atoms in total. The lowest BCUT2D eigenvalue weighted by Crippen LogP contribution is -2.43. The fourth-order valence-corrected chi connectivity index (χ4v) is 3.04. The lowest BCUT2D eigenvalue weighted by molar-refractivity contribution is 0.340. The molecular formula is C16H21Cl2N3O. The molecule has 1 saturated heterocycles. The first-order valence-corrected chi connectivity index (χ1v) is 7.77. The minimum Gasteiger partial charge on any atom is -0.494 e. The predicted molar refractivity (Wildman–Crippen MR) is 95.0 cm³/mol. The number of pyridine rings is 1. The molecule has 0 spiro atoms. The summed E-state index contributed by atoms with van der Waals surface area (Å²) in [6, 6.07) is 6.03. The van der Waals surface area contributed by atoms with E-state index in [1.54, 1.807) is 0 Å². The highest BCUT2D eigenvalue weighted by atomic mass is 35.5. The van der Waals surface area contributed by atoms with E-state index in [9.17, 15) is 0 Å². The van der Waals surface area contributed by atoms with E-state index < -0.39 is 0 Å². The van der Waals surface area contributed by atoms with Gasteiger partial charge in [-0.1, -0.05) is 11.6 Å². The fraction of sp³-hybridized carbons (Fsp3) is 0.438. The zero-order chi connectivity index (χ0) is 14.8. The van der Waals surface area contributed by atoms with Gasteiger partial charge < -0.3 is 15.0 Å². The number of nitrogens with zero attached hydrogens (tertiary/aromatic N) is 2. The average Bonchev–Trinajstić information content (AvgIpc) is 2.50. The molecule has 1 aromatic carbocycles. The van der Waals surface area contributed by atoms with E-state index in [1.165, 1.54) is 0 Å². The van der Waals surface area contributed by atoms with Crippen LogP contribution in [-0.2, 0) is 0 Å². The van der Waals surface area contributed by atoms with E-state index in [2.05, 4.69) is 21.3 Å². The molecule has 2 heterocycles. The molecule has 0 aliphatic carbocycles. The van der Waals surface area contributed by atoms with Crippen molar-refractivity contribution in [2.24, 2.45) is 0 Å². The molecule has 1 aliphatic rings. The lowest BCUT2D eigenvalue weighted by atomic mass is 10.1. The molecule has 0 bridgehead atoms. The van der Waals surface area contributed by atoms with Gasteiger partial charge in [0.2, 0.25) is 0 Å². The molecule has 1 aliphatic heterocycles. The van der Waals surface area contributed by atoms with Gasteiger partial charge >= 0.3 is 0 Å². The number of anilines is 1. The molecule has 1 N–H and O–H groups in total. The molecule has 22 heavy (non-hydrogen) atoms. The second-order valence-electron chi connectivity index (χ2n) is 5.21. The molecule has 3 rings (SSSR count). The summed E-state index contributed by atoms with van der Waals surface area (Å²) >= 11 is 6.57. The first kappa shape index (κ1) is 17.1. The smallest absolute Gasteiger partial charge is 0.120 e.